The fourth-order valence-corrected chi connectivity index (χ4v) is 2.93. The Kier molecular flexibility index (Phi) is 3.49. The normalized spacial score (nSPS) is 18.1. The zero-order chi connectivity index (χ0) is 14.1. The molecule has 7 nitrogen and oxygen atoms in total. The summed E-state index contributed by atoms with van der Waals surface area (Å²) in [6, 6.07) is -0.0800. The van der Waals surface area contributed by atoms with Gasteiger partial charge in [0.2, 0.25) is 0 Å². The monoisotopic (exact) mass is 293 g/mol. The number of carbonyl (C=O) groups excluding carboxylic acids is 1. The van der Waals surface area contributed by atoms with Crippen molar-refractivity contribution in [1.82, 2.24) is 24.0 Å². The second-order valence-corrected chi connectivity index (χ2v) is 5.27. The molecule has 1 aliphatic rings. The first-order valence-electron chi connectivity index (χ1n) is 6.33. The van der Waals surface area contributed by atoms with Crippen molar-refractivity contribution < 1.29 is 9.53 Å². The smallest absolute Gasteiger partial charge is 0.275 e. The van der Waals surface area contributed by atoms with Crippen LogP contribution in [0, 0.1) is 0 Å². The van der Waals surface area contributed by atoms with E-state index in [4.69, 9.17) is 4.74 Å². The van der Waals surface area contributed by atoms with E-state index < -0.39 is 0 Å². The lowest BCUT2D eigenvalue weighted by Crippen LogP contribution is -2.41. The molecule has 0 bridgehead atoms. The molecule has 0 aliphatic carbocycles. The average molecular weight is 293 g/mol. The highest BCUT2D eigenvalue weighted by Crippen LogP contribution is 2.26. The lowest BCUT2D eigenvalue weighted by Gasteiger charge is -2.33. The van der Waals surface area contributed by atoms with E-state index in [-0.39, 0.29) is 11.9 Å². The van der Waals surface area contributed by atoms with Crippen LogP contribution in [0.25, 0.3) is 0 Å². The average Bonchev–Trinajstić information content (AvgIpc) is 3.09. The number of methoxy groups -OCH3 is 1. The molecule has 8 heteroatoms. The fraction of sp³-hybridized carbons (Fsp3) is 0.500. The third-order valence-corrected chi connectivity index (χ3v) is 4.01. The summed E-state index contributed by atoms with van der Waals surface area (Å²) in [6.07, 6.45) is 1.81. The molecule has 2 aromatic heterocycles. The molecule has 106 valence electrons. The predicted octanol–water partition coefficient (Wildman–Crippen LogP) is 1.10. The van der Waals surface area contributed by atoms with E-state index in [1.807, 2.05) is 13.1 Å². The van der Waals surface area contributed by atoms with Gasteiger partial charge in [0.05, 0.1) is 24.5 Å². The van der Waals surface area contributed by atoms with Crippen LogP contribution < -0.4 is 0 Å². The molecule has 0 saturated carbocycles. The number of imidazole rings is 1. The number of fused-ring (bicyclic) bond motifs is 1. The number of rotatable bonds is 3. The van der Waals surface area contributed by atoms with Gasteiger partial charge in [-0.3, -0.25) is 4.79 Å². The SMILES string of the molecule is COCc1cnc2n1CCN(C(=O)c1csnn1)C2C. The van der Waals surface area contributed by atoms with Crippen LogP contribution in [0.15, 0.2) is 11.6 Å². The van der Waals surface area contributed by atoms with E-state index in [0.29, 0.717) is 18.8 Å². The van der Waals surface area contributed by atoms with Gasteiger partial charge >= 0.3 is 0 Å². The van der Waals surface area contributed by atoms with E-state index in [1.165, 1.54) is 11.5 Å². The van der Waals surface area contributed by atoms with Crippen molar-refractivity contribution in [1.29, 1.82) is 0 Å². The first-order valence-corrected chi connectivity index (χ1v) is 7.17. The Hall–Kier alpha value is -1.80. The Labute approximate surface area is 120 Å². The molecular formula is C12H15N5O2S. The summed E-state index contributed by atoms with van der Waals surface area (Å²) >= 11 is 1.18. The Morgan fingerprint density at radius 1 is 1.55 bits per heavy atom. The van der Waals surface area contributed by atoms with Crippen molar-refractivity contribution in [2.24, 2.45) is 0 Å². The van der Waals surface area contributed by atoms with Gasteiger partial charge in [0, 0.05) is 25.6 Å². The maximum absolute atomic E-state index is 12.4. The molecule has 0 N–H and O–H groups in total. The van der Waals surface area contributed by atoms with Crippen molar-refractivity contribution in [3.8, 4) is 0 Å². The van der Waals surface area contributed by atoms with Crippen molar-refractivity contribution >= 4 is 17.4 Å². The molecule has 0 spiro atoms. The second-order valence-electron chi connectivity index (χ2n) is 4.66. The Morgan fingerprint density at radius 3 is 3.10 bits per heavy atom. The van der Waals surface area contributed by atoms with Crippen LogP contribution in [-0.2, 0) is 17.9 Å². The molecule has 1 unspecified atom stereocenters. The minimum Gasteiger partial charge on any atom is -0.378 e. The summed E-state index contributed by atoms with van der Waals surface area (Å²) < 4.78 is 11.0. The number of ether oxygens (including phenoxy) is 1. The van der Waals surface area contributed by atoms with Crippen LogP contribution in [0.3, 0.4) is 0 Å². The number of nitrogens with zero attached hydrogens (tertiary/aromatic N) is 5. The van der Waals surface area contributed by atoms with Crippen molar-refractivity contribution in [3.05, 3.63) is 28.8 Å². The summed E-state index contributed by atoms with van der Waals surface area (Å²) in [4.78, 5) is 18.6. The summed E-state index contributed by atoms with van der Waals surface area (Å²) in [7, 11) is 1.66. The molecule has 2 aromatic rings. The summed E-state index contributed by atoms with van der Waals surface area (Å²) in [6.45, 7) is 3.87. The first kappa shape index (κ1) is 13.2. The minimum atomic E-state index is -0.0891. The largest absolute Gasteiger partial charge is 0.378 e. The third-order valence-electron chi connectivity index (χ3n) is 3.51. The van der Waals surface area contributed by atoms with E-state index in [1.54, 1.807) is 17.4 Å². The molecule has 1 aliphatic heterocycles. The highest BCUT2D eigenvalue weighted by atomic mass is 32.1. The number of hydrogen-bond donors (Lipinski definition) is 0. The molecule has 20 heavy (non-hydrogen) atoms. The molecule has 3 rings (SSSR count). The van der Waals surface area contributed by atoms with Crippen LogP contribution in [-0.4, -0.2) is 43.6 Å². The van der Waals surface area contributed by atoms with Crippen molar-refractivity contribution in [2.45, 2.75) is 26.1 Å². The molecule has 1 amide bonds. The maximum Gasteiger partial charge on any atom is 0.275 e. The molecule has 0 saturated heterocycles. The van der Waals surface area contributed by atoms with Crippen LogP contribution in [0.5, 0.6) is 0 Å². The first-order chi connectivity index (χ1) is 9.72. The maximum atomic E-state index is 12.4. The van der Waals surface area contributed by atoms with Gasteiger partial charge in [-0.15, -0.1) is 5.10 Å². The quantitative estimate of drug-likeness (QED) is 0.847. The van der Waals surface area contributed by atoms with Gasteiger partial charge in [-0.1, -0.05) is 4.49 Å². The Morgan fingerprint density at radius 2 is 2.40 bits per heavy atom. The number of amides is 1. The van der Waals surface area contributed by atoms with Crippen LogP contribution >= 0.6 is 11.5 Å². The van der Waals surface area contributed by atoms with Gasteiger partial charge in [0.1, 0.15) is 5.82 Å². The molecule has 0 fully saturated rings. The number of carbonyl (C=O) groups is 1. The standard InChI is InChI=1S/C12H15N5O2S/c1-8-11-13-5-9(6-19-2)17(11)4-3-16(8)12(18)10-7-20-15-14-10/h5,7-8H,3-4,6H2,1-2H3. The Bertz CT molecular complexity index is 609. The predicted molar refractivity (Wildman–Crippen MR) is 72.3 cm³/mol. The van der Waals surface area contributed by atoms with Crippen molar-refractivity contribution in [3.63, 3.8) is 0 Å². The van der Waals surface area contributed by atoms with Gasteiger partial charge in [-0.25, -0.2) is 4.98 Å². The third kappa shape index (κ3) is 2.10. The summed E-state index contributed by atoms with van der Waals surface area (Å²) in [5.74, 6) is 0.800. The van der Waals surface area contributed by atoms with Crippen LogP contribution in [0.4, 0.5) is 0 Å². The number of aromatic nitrogens is 4. The van der Waals surface area contributed by atoms with Gasteiger partial charge < -0.3 is 14.2 Å². The zero-order valence-corrected chi connectivity index (χ0v) is 12.1. The highest BCUT2D eigenvalue weighted by molar-refractivity contribution is 7.03. The van der Waals surface area contributed by atoms with Gasteiger partial charge in [0.25, 0.3) is 5.91 Å². The molecule has 0 radical (unpaired) electrons. The van der Waals surface area contributed by atoms with Gasteiger partial charge in [-0.2, -0.15) is 0 Å². The van der Waals surface area contributed by atoms with E-state index >= 15 is 0 Å². The fourth-order valence-electron chi connectivity index (χ4n) is 2.50. The van der Waals surface area contributed by atoms with E-state index in [2.05, 4.69) is 19.1 Å². The molecule has 1 atom stereocenters. The second kappa shape index (κ2) is 5.29. The molecular weight excluding hydrogens is 278 g/mol. The minimum absolute atomic E-state index is 0.0800. The van der Waals surface area contributed by atoms with Crippen molar-refractivity contribution in [2.75, 3.05) is 13.7 Å². The Balaban J connectivity index is 1.86. The van der Waals surface area contributed by atoms with E-state index in [9.17, 15) is 4.79 Å². The zero-order valence-electron chi connectivity index (χ0n) is 11.3. The molecule has 0 aromatic carbocycles. The highest BCUT2D eigenvalue weighted by Gasteiger charge is 2.31. The van der Waals surface area contributed by atoms with Crippen LogP contribution in [0.2, 0.25) is 0 Å². The van der Waals surface area contributed by atoms with Gasteiger partial charge in [0.15, 0.2) is 5.69 Å². The number of hydrogen-bond acceptors (Lipinski definition) is 6. The van der Waals surface area contributed by atoms with Crippen LogP contribution in [0.1, 0.15) is 35.0 Å². The molecule has 3 heterocycles. The summed E-state index contributed by atoms with van der Waals surface area (Å²) in [5.41, 5.74) is 1.44. The topological polar surface area (TPSA) is 73.1 Å². The summed E-state index contributed by atoms with van der Waals surface area (Å²) in [5, 5.41) is 5.52. The lowest BCUT2D eigenvalue weighted by atomic mass is 10.2. The van der Waals surface area contributed by atoms with Gasteiger partial charge in [-0.05, 0) is 18.5 Å². The van der Waals surface area contributed by atoms with E-state index in [0.717, 1.165) is 18.1 Å². The lowest BCUT2D eigenvalue weighted by molar-refractivity contribution is 0.0626.